The molecule has 146 valence electrons. The first-order valence-corrected chi connectivity index (χ1v) is 9.67. The third-order valence-electron chi connectivity index (χ3n) is 4.29. The number of primary amides is 1. The summed E-state index contributed by atoms with van der Waals surface area (Å²) in [6.07, 6.45) is 0. The lowest BCUT2D eigenvalue weighted by molar-refractivity contribution is -0.115. The first-order chi connectivity index (χ1) is 13.5. The largest absolute Gasteiger partial charge is 0.497 e. The molecule has 8 heteroatoms. The number of carbonyl (C=O) groups excluding carboxylic acids is 1. The Labute approximate surface area is 167 Å². The maximum absolute atomic E-state index is 11.2. The van der Waals surface area contributed by atoms with Crippen LogP contribution in [-0.2, 0) is 11.4 Å². The van der Waals surface area contributed by atoms with Crippen LogP contribution < -0.4 is 15.2 Å². The number of hydrogen-bond donors (Lipinski definition) is 1. The van der Waals surface area contributed by atoms with Gasteiger partial charge in [-0.2, -0.15) is 0 Å². The molecular weight excluding hydrogens is 376 g/mol. The number of nitrogens with zero attached hydrogens (tertiary/aromatic N) is 3. The van der Waals surface area contributed by atoms with Gasteiger partial charge in [0.15, 0.2) is 11.0 Å². The van der Waals surface area contributed by atoms with Crippen LogP contribution in [0.1, 0.15) is 17.0 Å². The average molecular weight is 398 g/mol. The van der Waals surface area contributed by atoms with Crippen LogP contribution in [-0.4, -0.2) is 33.5 Å². The van der Waals surface area contributed by atoms with Crippen LogP contribution in [0, 0.1) is 13.8 Å². The van der Waals surface area contributed by atoms with Crippen LogP contribution in [0.5, 0.6) is 11.5 Å². The zero-order valence-electron chi connectivity index (χ0n) is 16.0. The molecule has 0 fully saturated rings. The van der Waals surface area contributed by atoms with Gasteiger partial charge in [-0.1, -0.05) is 23.9 Å². The van der Waals surface area contributed by atoms with E-state index in [0.29, 0.717) is 16.7 Å². The molecule has 0 aliphatic carbocycles. The quantitative estimate of drug-likeness (QED) is 0.586. The third-order valence-corrected chi connectivity index (χ3v) is 5.24. The monoisotopic (exact) mass is 398 g/mol. The first kappa shape index (κ1) is 19.8. The highest BCUT2D eigenvalue weighted by atomic mass is 32.2. The summed E-state index contributed by atoms with van der Waals surface area (Å²) in [7, 11) is 1.62. The molecule has 7 nitrogen and oxygen atoms in total. The van der Waals surface area contributed by atoms with Crippen molar-refractivity contribution in [1.82, 2.24) is 14.8 Å². The second kappa shape index (κ2) is 8.79. The van der Waals surface area contributed by atoms with Crippen molar-refractivity contribution in [2.45, 2.75) is 25.6 Å². The Morgan fingerprint density at radius 2 is 1.82 bits per heavy atom. The molecular formula is C20H22N4O3S. The summed E-state index contributed by atoms with van der Waals surface area (Å²) < 4.78 is 13.0. The van der Waals surface area contributed by atoms with Crippen molar-refractivity contribution in [1.29, 1.82) is 0 Å². The van der Waals surface area contributed by atoms with Crippen molar-refractivity contribution in [3.8, 4) is 17.2 Å². The van der Waals surface area contributed by atoms with Crippen LogP contribution in [0.25, 0.3) is 5.69 Å². The minimum Gasteiger partial charge on any atom is -0.497 e. The molecule has 28 heavy (non-hydrogen) atoms. The van der Waals surface area contributed by atoms with E-state index in [9.17, 15) is 4.79 Å². The Kier molecular flexibility index (Phi) is 6.20. The van der Waals surface area contributed by atoms with E-state index in [2.05, 4.69) is 10.2 Å². The summed E-state index contributed by atoms with van der Waals surface area (Å²) in [4.78, 5) is 11.2. The summed E-state index contributed by atoms with van der Waals surface area (Å²) in [6.45, 7) is 4.32. The van der Waals surface area contributed by atoms with Crippen molar-refractivity contribution in [2.24, 2.45) is 5.73 Å². The number of thioether (sulfide) groups is 1. The molecule has 0 saturated heterocycles. The lowest BCUT2D eigenvalue weighted by atomic mass is 10.1. The zero-order chi connectivity index (χ0) is 20.1. The molecule has 0 radical (unpaired) electrons. The lowest BCUT2D eigenvalue weighted by Gasteiger charge is -2.14. The van der Waals surface area contributed by atoms with Gasteiger partial charge in [-0.05, 0) is 55.3 Å². The van der Waals surface area contributed by atoms with Crippen molar-refractivity contribution in [3.63, 3.8) is 0 Å². The van der Waals surface area contributed by atoms with Crippen LogP contribution in [0.2, 0.25) is 0 Å². The number of hydrogen-bond acceptors (Lipinski definition) is 6. The number of ether oxygens (including phenoxy) is 2. The number of rotatable bonds is 8. The number of aromatic nitrogens is 3. The van der Waals surface area contributed by atoms with Gasteiger partial charge in [-0.25, -0.2) is 0 Å². The molecule has 1 heterocycles. The summed E-state index contributed by atoms with van der Waals surface area (Å²) in [6, 6.07) is 13.4. The van der Waals surface area contributed by atoms with Gasteiger partial charge in [0.05, 0.1) is 18.6 Å². The highest BCUT2D eigenvalue weighted by molar-refractivity contribution is 7.99. The summed E-state index contributed by atoms with van der Waals surface area (Å²) in [5.41, 5.74) is 8.50. The lowest BCUT2D eigenvalue weighted by Crippen LogP contribution is -2.14. The van der Waals surface area contributed by atoms with E-state index in [0.717, 1.165) is 22.6 Å². The predicted molar refractivity (Wildman–Crippen MR) is 108 cm³/mol. The second-order valence-corrected chi connectivity index (χ2v) is 7.11. The van der Waals surface area contributed by atoms with Gasteiger partial charge >= 0.3 is 0 Å². The average Bonchev–Trinajstić information content (AvgIpc) is 3.10. The first-order valence-electron chi connectivity index (χ1n) is 8.68. The predicted octanol–water partition coefficient (Wildman–Crippen LogP) is 3.05. The Hall–Kier alpha value is -3.00. The van der Waals surface area contributed by atoms with Gasteiger partial charge < -0.3 is 15.2 Å². The Balaban J connectivity index is 1.91. The number of aryl methyl sites for hydroxylation is 1. The van der Waals surface area contributed by atoms with Crippen LogP contribution in [0.3, 0.4) is 0 Å². The van der Waals surface area contributed by atoms with Gasteiger partial charge in [-0.15, -0.1) is 10.2 Å². The van der Waals surface area contributed by atoms with E-state index in [-0.39, 0.29) is 12.4 Å². The molecule has 2 aromatic carbocycles. The molecule has 0 saturated carbocycles. The SMILES string of the molecule is COc1ccc(OCc2nnc(SCC(N)=O)n2-c2cccc(C)c2C)cc1. The van der Waals surface area contributed by atoms with Crippen molar-refractivity contribution < 1.29 is 14.3 Å². The number of methoxy groups -OCH3 is 1. The maximum Gasteiger partial charge on any atom is 0.227 e. The fraction of sp³-hybridized carbons (Fsp3) is 0.250. The molecule has 0 bridgehead atoms. The minimum absolute atomic E-state index is 0.127. The van der Waals surface area contributed by atoms with Crippen LogP contribution in [0.15, 0.2) is 47.6 Å². The van der Waals surface area contributed by atoms with E-state index >= 15 is 0 Å². The van der Waals surface area contributed by atoms with E-state index in [4.69, 9.17) is 15.2 Å². The van der Waals surface area contributed by atoms with E-state index in [1.54, 1.807) is 7.11 Å². The topological polar surface area (TPSA) is 92.3 Å². The van der Waals surface area contributed by atoms with E-state index in [1.807, 2.05) is 60.9 Å². The highest BCUT2D eigenvalue weighted by Gasteiger charge is 2.18. The van der Waals surface area contributed by atoms with Crippen molar-refractivity contribution in [3.05, 3.63) is 59.4 Å². The Morgan fingerprint density at radius 1 is 1.11 bits per heavy atom. The van der Waals surface area contributed by atoms with Crippen molar-refractivity contribution in [2.75, 3.05) is 12.9 Å². The van der Waals surface area contributed by atoms with Crippen LogP contribution in [0.4, 0.5) is 0 Å². The molecule has 0 aliphatic rings. The van der Waals surface area contributed by atoms with Gasteiger partial charge in [-0.3, -0.25) is 9.36 Å². The second-order valence-electron chi connectivity index (χ2n) is 6.17. The number of carbonyl (C=O) groups is 1. The molecule has 0 unspecified atom stereocenters. The molecule has 3 rings (SSSR count). The Morgan fingerprint density at radius 3 is 2.50 bits per heavy atom. The number of benzene rings is 2. The van der Waals surface area contributed by atoms with Gasteiger partial charge in [0, 0.05) is 0 Å². The normalized spacial score (nSPS) is 10.7. The molecule has 1 amide bonds. The third kappa shape index (κ3) is 4.45. The molecule has 0 spiro atoms. The summed E-state index contributed by atoms with van der Waals surface area (Å²) in [5.74, 6) is 1.81. The van der Waals surface area contributed by atoms with Gasteiger partial charge in [0.2, 0.25) is 5.91 Å². The molecule has 0 aliphatic heterocycles. The Bertz CT molecular complexity index is 970. The minimum atomic E-state index is -0.406. The molecule has 0 atom stereocenters. The molecule has 2 N–H and O–H groups in total. The highest BCUT2D eigenvalue weighted by Crippen LogP contribution is 2.26. The van der Waals surface area contributed by atoms with Gasteiger partial charge in [0.25, 0.3) is 0 Å². The molecule has 1 aromatic heterocycles. The van der Waals surface area contributed by atoms with Gasteiger partial charge in [0.1, 0.15) is 18.1 Å². The standard InChI is InChI=1S/C20H22N4O3S/c1-13-5-4-6-17(14(13)2)24-19(22-23-20(24)28-12-18(21)25)11-27-16-9-7-15(26-3)8-10-16/h4-10H,11-12H2,1-3H3,(H2,21,25). The summed E-state index contributed by atoms with van der Waals surface area (Å²) >= 11 is 1.25. The van der Waals surface area contributed by atoms with Crippen molar-refractivity contribution >= 4 is 17.7 Å². The smallest absolute Gasteiger partial charge is 0.227 e. The number of amides is 1. The summed E-state index contributed by atoms with van der Waals surface area (Å²) in [5, 5.41) is 9.12. The fourth-order valence-electron chi connectivity index (χ4n) is 2.66. The zero-order valence-corrected chi connectivity index (χ0v) is 16.8. The van der Waals surface area contributed by atoms with E-state index in [1.165, 1.54) is 11.8 Å². The fourth-order valence-corrected chi connectivity index (χ4v) is 3.37. The van der Waals surface area contributed by atoms with E-state index < -0.39 is 5.91 Å². The maximum atomic E-state index is 11.2. The number of nitrogens with two attached hydrogens (primary N) is 1. The van der Waals surface area contributed by atoms with Crippen LogP contribution >= 0.6 is 11.8 Å². The molecule has 3 aromatic rings.